The van der Waals surface area contributed by atoms with E-state index in [4.69, 9.17) is 0 Å². The molecule has 0 aliphatic heterocycles. The highest BCUT2D eigenvalue weighted by molar-refractivity contribution is 7.13. The van der Waals surface area contributed by atoms with Crippen LogP contribution >= 0.6 is 11.3 Å². The first-order valence-electron chi connectivity index (χ1n) is 5.51. The van der Waals surface area contributed by atoms with Crippen LogP contribution in [0.2, 0.25) is 0 Å². The molecule has 2 heterocycles. The Morgan fingerprint density at radius 1 is 1.47 bits per heavy atom. The summed E-state index contributed by atoms with van der Waals surface area (Å²) in [4.78, 5) is 25.9. The van der Waals surface area contributed by atoms with E-state index in [0.717, 1.165) is 16.9 Å². The number of nitrogens with zero attached hydrogens (tertiary/aromatic N) is 2. The van der Waals surface area contributed by atoms with Crippen molar-refractivity contribution >= 4 is 22.2 Å². The number of amides is 1. The Kier molecular flexibility index (Phi) is 3.86. The minimum absolute atomic E-state index is 0.0401. The van der Waals surface area contributed by atoms with E-state index in [0.29, 0.717) is 5.56 Å². The minimum atomic E-state index is -0.506. The Balaban J connectivity index is 2.06. The minimum Gasteiger partial charge on any atom is -0.345 e. The highest BCUT2D eigenvalue weighted by atomic mass is 32.1. The molecule has 1 N–H and O–H groups in total. The SMILES string of the molecule is CC(NC(=O)c1csc([N+](=O)[O-])c1)c1ccncc1. The van der Waals surface area contributed by atoms with E-state index >= 15 is 0 Å². The molecule has 1 unspecified atom stereocenters. The molecular weight excluding hydrogens is 266 g/mol. The maximum Gasteiger partial charge on any atom is 0.324 e. The van der Waals surface area contributed by atoms with Gasteiger partial charge in [-0.3, -0.25) is 19.9 Å². The van der Waals surface area contributed by atoms with Crippen LogP contribution in [0.3, 0.4) is 0 Å². The van der Waals surface area contributed by atoms with Gasteiger partial charge >= 0.3 is 5.00 Å². The number of nitrogens with one attached hydrogen (secondary N) is 1. The molecule has 1 atom stereocenters. The van der Waals surface area contributed by atoms with Crippen molar-refractivity contribution in [2.45, 2.75) is 13.0 Å². The van der Waals surface area contributed by atoms with E-state index in [2.05, 4.69) is 10.3 Å². The second-order valence-corrected chi connectivity index (χ2v) is 4.80. The van der Waals surface area contributed by atoms with Crippen molar-refractivity contribution in [3.05, 3.63) is 57.2 Å². The van der Waals surface area contributed by atoms with E-state index in [1.165, 1.54) is 11.4 Å². The summed E-state index contributed by atoms with van der Waals surface area (Å²) in [5.74, 6) is -0.325. The summed E-state index contributed by atoms with van der Waals surface area (Å²) >= 11 is 0.939. The molecule has 2 aromatic rings. The van der Waals surface area contributed by atoms with Crippen LogP contribution in [-0.2, 0) is 0 Å². The summed E-state index contributed by atoms with van der Waals surface area (Å²) < 4.78 is 0. The average molecular weight is 277 g/mol. The number of carbonyl (C=O) groups is 1. The van der Waals surface area contributed by atoms with Gasteiger partial charge in [-0.1, -0.05) is 11.3 Å². The third-order valence-corrected chi connectivity index (χ3v) is 3.46. The van der Waals surface area contributed by atoms with E-state index in [9.17, 15) is 14.9 Å². The maximum atomic E-state index is 11.9. The molecule has 7 heteroatoms. The van der Waals surface area contributed by atoms with E-state index in [-0.39, 0.29) is 17.0 Å². The number of hydrogen-bond donors (Lipinski definition) is 1. The Morgan fingerprint density at radius 3 is 2.74 bits per heavy atom. The topological polar surface area (TPSA) is 85.1 Å². The molecule has 0 spiro atoms. The van der Waals surface area contributed by atoms with Gasteiger partial charge in [0, 0.05) is 23.8 Å². The Bertz CT molecular complexity index is 597. The second-order valence-electron chi connectivity index (χ2n) is 3.91. The number of aromatic nitrogens is 1. The first-order chi connectivity index (χ1) is 9.08. The van der Waals surface area contributed by atoms with Crippen LogP contribution in [-0.4, -0.2) is 15.8 Å². The monoisotopic (exact) mass is 277 g/mol. The van der Waals surface area contributed by atoms with Crippen molar-refractivity contribution < 1.29 is 9.72 Å². The van der Waals surface area contributed by atoms with Gasteiger partial charge in [0.25, 0.3) is 5.91 Å². The molecule has 0 saturated carbocycles. The van der Waals surface area contributed by atoms with Gasteiger partial charge in [0.15, 0.2) is 0 Å². The summed E-state index contributed by atoms with van der Waals surface area (Å²) in [6.07, 6.45) is 3.29. The van der Waals surface area contributed by atoms with Crippen LogP contribution in [0.5, 0.6) is 0 Å². The molecule has 0 radical (unpaired) electrons. The van der Waals surface area contributed by atoms with E-state index in [1.54, 1.807) is 24.5 Å². The van der Waals surface area contributed by atoms with Gasteiger partial charge in [-0.15, -0.1) is 0 Å². The summed E-state index contributed by atoms with van der Waals surface area (Å²) in [7, 11) is 0. The van der Waals surface area contributed by atoms with Gasteiger partial charge in [0.2, 0.25) is 0 Å². The number of carbonyl (C=O) groups excluding carboxylic acids is 1. The molecule has 0 saturated heterocycles. The highest BCUT2D eigenvalue weighted by Crippen LogP contribution is 2.23. The predicted octanol–water partition coefficient (Wildman–Crippen LogP) is 2.54. The standard InChI is InChI=1S/C12H11N3O3S/c1-8(9-2-4-13-5-3-9)14-12(16)10-6-11(15(17)18)19-7-10/h2-8H,1H3,(H,14,16). The Labute approximate surface area is 113 Å². The number of thiophene rings is 1. The number of hydrogen-bond acceptors (Lipinski definition) is 5. The van der Waals surface area contributed by atoms with Crippen molar-refractivity contribution in [1.29, 1.82) is 0 Å². The molecule has 0 aliphatic carbocycles. The van der Waals surface area contributed by atoms with Crippen LogP contribution in [0, 0.1) is 10.1 Å². The van der Waals surface area contributed by atoms with Crippen molar-refractivity contribution in [3.8, 4) is 0 Å². The van der Waals surface area contributed by atoms with Crippen LogP contribution in [0.1, 0.15) is 28.9 Å². The zero-order valence-corrected chi connectivity index (χ0v) is 10.9. The Hall–Kier alpha value is -2.28. The van der Waals surface area contributed by atoms with Crippen LogP contribution in [0.25, 0.3) is 0 Å². The Morgan fingerprint density at radius 2 is 2.16 bits per heavy atom. The largest absolute Gasteiger partial charge is 0.345 e. The van der Waals surface area contributed by atoms with E-state index < -0.39 is 4.92 Å². The number of pyridine rings is 1. The summed E-state index contributed by atoms with van der Waals surface area (Å²) in [6.45, 7) is 1.84. The normalized spacial score (nSPS) is 11.8. The number of rotatable bonds is 4. The fourth-order valence-electron chi connectivity index (χ4n) is 1.56. The zero-order valence-electron chi connectivity index (χ0n) is 10.1. The summed E-state index contributed by atoms with van der Waals surface area (Å²) in [5.41, 5.74) is 1.23. The third kappa shape index (κ3) is 3.14. The first-order valence-corrected chi connectivity index (χ1v) is 6.39. The molecule has 6 nitrogen and oxygen atoms in total. The number of nitro groups is 1. The fourth-order valence-corrected chi connectivity index (χ4v) is 2.26. The second kappa shape index (κ2) is 5.57. The molecule has 98 valence electrons. The lowest BCUT2D eigenvalue weighted by Gasteiger charge is -2.13. The molecule has 2 rings (SSSR count). The van der Waals surface area contributed by atoms with Crippen molar-refractivity contribution in [3.63, 3.8) is 0 Å². The summed E-state index contributed by atoms with van der Waals surface area (Å²) in [6, 6.07) is 4.70. The predicted molar refractivity (Wildman–Crippen MR) is 71.1 cm³/mol. The van der Waals surface area contributed by atoms with Gasteiger partial charge in [-0.25, -0.2) is 0 Å². The maximum absolute atomic E-state index is 11.9. The first kappa shape index (κ1) is 13.2. The van der Waals surface area contributed by atoms with Crippen LogP contribution < -0.4 is 5.32 Å². The van der Waals surface area contributed by atoms with Crippen LogP contribution in [0.4, 0.5) is 5.00 Å². The lowest BCUT2D eigenvalue weighted by Crippen LogP contribution is -2.26. The van der Waals surface area contributed by atoms with Crippen molar-refractivity contribution in [2.75, 3.05) is 0 Å². The average Bonchev–Trinajstić information content (AvgIpc) is 2.89. The van der Waals surface area contributed by atoms with Gasteiger partial charge < -0.3 is 5.32 Å². The molecule has 0 bridgehead atoms. The third-order valence-electron chi connectivity index (χ3n) is 2.58. The van der Waals surface area contributed by atoms with Crippen molar-refractivity contribution in [1.82, 2.24) is 10.3 Å². The molecular formula is C12H11N3O3S. The quantitative estimate of drug-likeness (QED) is 0.687. The molecule has 0 fully saturated rings. The van der Waals surface area contributed by atoms with E-state index in [1.807, 2.05) is 6.92 Å². The fraction of sp³-hybridized carbons (Fsp3) is 0.167. The van der Waals surface area contributed by atoms with Gasteiger partial charge in [-0.2, -0.15) is 0 Å². The molecule has 1 amide bonds. The molecule has 0 aromatic carbocycles. The van der Waals surface area contributed by atoms with Crippen molar-refractivity contribution in [2.24, 2.45) is 0 Å². The smallest absolute Gasteiger partial charge is 0.324 e. The van der Waals surface area contributed by atoms with Crippen LogP contribution in [0.15, 0.2) is 36.0 Å². The lowest BCUT2D eigenvalue weighted by atomic mass is 10.1. The lowest BCUT2D eigenvalue weighted by molar-refractivity contribution is -0.380. The highest BCUT2D eigenvalue weighted by Gasteiger charge is 2.16. The summed E-state index contributed by atoms with van der Waals surface area (Å²) in [5, 5.41) is 14.8. The van der Waals surface area contributed by atoms with Gasteiger partial charge in [0.05, 0.1) is 16.5 Å². The zero-order chi connectivity index (χ0) is 13.8. The molecule has 0 aliphatic rings. The van der Waals surface area contributed by atoms with Gasteiger partial charge in [0.1, 0.15) is 0 Å². The molecule has 19 heavy (non-hydrogen) atoms. The molecule has 2 aromatic heterocycles. The van der Waals surface area contributed by atoms with Gasteiger partial charge in [-0.05, 0) is 24.6 Å².